The first-order valence-corrected chi connectivity index (χ1v) is 16.3. The van der Waals surface area contributed by atoms with Gasteiger partial charge in [-0.05, 0) is 105 Å². The molecule has 4 saturated carbocycles. The van der Waals surface area contributed by atoms with Gasteiger partial charge in [0.25, 0.3) is 0 Å². The predicted molar refractivity (Wildman–Crippen MR) is 163 cm³/mol. The molecule has 0 radical (unpaired) electrons. The quantitative estimate of drug-likeness (QED) is 0.337. The van der Waals surface area contributed by atoms with E-state index in [0.717, 1.165) is 56.3 Å². The smallest absolute Gasteiger partial charge is 0.322 e. The topological polar surface area (TPSA) is 56.8 Å². The highest BCUT2D eigenvalue weighted by molar-refractivity contribution is 5.75. The zero-order valence-corrected chi connectivity index (χ0v) is 26.4. The summed E-state index contributed by atoms with van der Waals surface area (Å²) in [5.41, 5.74) is 0.682. The third-order valence-electron chi connectivity index (χ3n) is 11.4. The molecule has 4 aliphatic carbocycles. The fourth-order valence-corrected chi connectivity index (χ4v) is 9.60. The molecule has 0 aromatic carbocycles. The monoisotopic (exact) mass is 551 g/mol. The highest BCUT2D eigenvalue weighted by Crippen LogP contribution is 2.69. The Labute approximate surface area is 242 Å². The van der Waals surface area contributed by atoms with Crippen LogP contribution in [0.15, 0.2) is 0 Å². The van der Waals surface area contributed by atoms with Crippen molar-refractivity contribution in [3.05, 3.63) is 0 Å². The lowest BCUT2D eigenvalue weighted by molar-refractivity contribution is -0.247. The second kappa shape index (κ2) is 14.5. The highest BCUT2D eigenvalue weighted by atomic mass is 16.7. The minimum Gasteiger partial charge on any atom is -0.468 e. The summed E-state index contributed by atoms with van der Waals surface area (Å²) in [4.78, 5) is 12.3. The molecule has 5 rings (SSSR count). The van der Waals surface area contributed by atoms with Gasteiger partial charge in [-0.25, -0.2) is 0 Å². The summed E-state index contributed by atoms with van der Waals surface area (Å²) < 4.78 is 17.7. The Bertz CT molecular complexity index is 749. The molecule has 0 aromatic rings. The zero-order valence-electron chi connectivity index (χ0n) is 26.4. The Hall–Kier alpha value is -0.650. The van der Waals surface area contributed by atoms with Crippen molar-refractivity contribution < 1.29 is 19.0 Å². The summed E-state index contributed by atoms with van der Waals surface area (Å²) in [5.74, 6) is 4.06. The summed E-state index contributed by atoms with van der Waals surface area (Å²) in [6.07, 6.45) is 12.6. The first kappa shape index (κ1) is 34.6. The van der Waals surface area contributed by atoms with Gasteiger partial charge in [0.2, 0.25) is 0 Å². The molecule has 0 bridgehead atoms. The molecule has 230 valence electrons. The van der Waals surface area contributed by atoms with Gasteiger partial charge >= 0.3 is 5.97 Å². The summed E-state index contributed by atoms with van der Waals surface area (Å²) in [7, 11) is 1.51. The van der Waals surface area contributed by atoms with E-state index in [2.05, 4.69) is 33.0 Å². The number of nitrogens with one attached hydrogen (secondary N) is 1. The summed E-state index contributed by atoms with van der Waals surface area (Å²) in [6, 6.07) is -0.167. The average Bonchev–Trinajstić information content (AvgIpc) is 3.53. The van der Waals surface area contributed by atoms with Gasteiger partial charge < -0.3 is 19.5 Å². The molecule has 8 unspecified atom stereocenters. The summed E-state index contributed by atoms with van der Waals surface area (Å²) >= 11 is 0. The predicted octanol–water partition coefficient (Wildman–Crippen LogP) is 8.25. The fourth-order valence-electron chi connectivity index (χ4n) is 9.60. The molecule has 8 atom stereocenters. The molecule has 5 fully saturated rings. The minimum absolute atomic E-state index is 0. The third-order valence-corrected chi connectivity index (χ3v) is 11.4. The van der Waals surface area contributed by atoms with Crippen LogP contribution in [-0.4, -0.2) is 44.7 Å². The van der Waals surface area contributed by atoms with Crippen LogP contribution in [0.4, 0.5) is 0 Å². The number of rotatable bonds is 6. The Kier molecular flexibility index (Phi) is 12.8. The number of carbonyl (C=O) groups excluding carboxylic acids is 1. The second-order valence-corrected chi connectivity index (χ2v) is 13.4. The largest absolute Gasteiger partial charge is 0.468 e. The van der Waals surface area contributed by atoms with Crippen molar-refractivity contribution in [2.45, 2.75) is 139 Å². The van der Waals surface area contributed by atoms with Crippen molar-refractivity contribution in [2.75, 3.05) is 26.9 Å². The summed E-state index contributed by atoms with van der Waals surface area (Å²) in [6.45, 7) is 20.0. The standard InChI is InChI=1S/C29H49NO4.2C2H6.CH4/c1-19(2)16-25(26(31)32-5)30-18-20-8-11-27(3)21(17-20)6-7-22-23(27)9-12-28(4)24(22)10-13-29(28)33-14-15-34-29;2*1-2;/h19-25,30H,6-18H2,1-5H3;2*1-2H3;1H4. The van der Waals surface area contributed by atoms with Crippen LogP contribution in [0.3, 0.4) is 0 Å². The lowest BCUT2D eigenvalue weighted by Gasteiger charge is -2.61. The number of carbonyl (C=O) groups is 1. The van der Waals surface area contributed by atoms with E-state index in [1.807, 2.05) is 27.7 Å². The van der Waals surface area contributed by atoms with Crippen molar-refractivity contribution in [1.82, 2.24) is 5.32 Å². The lowest BCUT2D eigenvalue weighted by Crippen LogP contribution is -2.57. The van der Waals surface area contributed by atoms with Crippen molar-refractivity contribution >= 4 is 5.97 Å². The van der Waals surface area contributed by atoms with E-state index in [0.29, 0.717) is 17.3 Å². The Morgan fingerprint density at radius 1 is 0.923 bits per heavy atom. The Morgan fingerprint density at radius 3 is 2.18 bits per heavy atom. The maximum Gasteiger partial charge on any atom is 0.322 e. The molecule has 5 nitrogen and oxygen atoms in total. The lowest BCUT2D eigenvalue weighted by atomic mass is 9.44. The van der Waals surface area contributed by atoms with Gasteiger partial charge in [-0.2, -0.15) is 0 Å². The van der Waals surface area contributed by atoms with Crippen LogP contribution in [-0.2, 0) is 19.0 Å². The molecular weight excluding hydrogens is 486 g/mol. The van der Waals surface area contributed by atoms with Gasteiger partial charge in [-0.1, -0.05) is 62.8 Å². The zero-order chi connectivity index (χ0) is 28.1. The molecule has 1 N–H and O–H groups in total. The first-order chi connectivity index (χ1) is 18.2. The molecule has 39 heavy (non-hydrogen) atoms. The molecule has 1 aliphatic heterocycles. The van der Waals surface area contributed by atoms with Gasteiger partial charge in [0.05, 0.1) is 20.3 Å². The maximum atomic E-state index is 12.3. The number of hydrogen-bond donors (Lipinski definition) is 1. The van der Waals surface area contributed by atoms with Crippen LogP contribution < -0.4 is 5.32 Å². The van der Waals surface area contributed by atoms with Crippen molar-refractivity contribution in [1.29, 1.82) is 0 Å². The van der Waals surface area contributed by atoms with Crippen LogP contribution in [0.5, 0.6) is 0 Å². The Balaban J connectivity index is 0.00000102. The number of hydrogen-bond acceptors (Lipinski definition) is 5. The van der Waals surface area contributed by atoms with Gasteiger partial charge in [0, 0.05) is 11.8 Å². The van der Waals surface area contributed by atoms with Gasteiger partial charge in [-0.3, -0.25) is 4.79 Å². The molecule has 5 aliphatic rings. The SMILES string of the molecule is C.CC.CC.COC(=O)C(CC(C)C)NCC1CCC2(C)C(CCC3C2CCC2(C)C3CCC23OCCO3)C1. The van der Waals surface area contributed by atoms with Crippen LogP contribution in [0, 0.1) is 46.3 Å². The fraction of sp³-hybridized carbons (Fsp3) is 0.971. The van der Waals surface area contributed by atoms with E-state index in [-0.39, 0.29) is 30.6 Å². The van der Waals surface area contributed by atoms with E-state index in [9.17, 15) is 4.79 Å². The molecule has 0 amide bonds. The number of esters is 1. The van der Waals surface area contributed by atoms with Gasteiger partial charge in [-0.15, -0.1) is 0 Å². The molecular formula is C34H65NO4. The van der Waals surface area contributed by atoms with E-state index >= 15 is 0 Å². The van der Waals surface area contributed by atoms with E-state index in [1.54, 1.807) is 0 Å². The normalized spacial score (nSPS) is 38.6. The van der Waals surface area contributed by atoms with E-state index < -0.39 is 0 Å². The summed E-state index contributed by atoms with van der Waals surface area (Å²) in [5, 5.41) is 3.60. The molecule has 1 heterocycles. The molecule has 1 saturated heterocycles. The highest BCUT2D eigenvalue weighted by Gasteiger charge is 2.67. The molecule has 5 heteroatoms. The second-order valence-electron chi connectivity index (χ2n) is 13.4. The molecule has 0 aromatic heterocycles. The van der Waals surface area contributed by atoms with Crippen molar-refractivity contribution in [3.8, 4) is 0 Å². The number of methoxy groups -OCH3 is 1. The maximum absolute atomic E-state index is 12.3. The van der Waals surface area contributed by atoms with E-state index in [1.165, 1.54) is 58.5 Å². The average molecular weight is 552 g/mol. The number of fused-ring (bicyclic) bond motifs is 6. The van der Waals surface area contributed by atoms with Gasteiger partial charge in [0.1, 0.15) is 6.04 Å². The van der Waals surface area contributed by atoms with Crippen LogP contribution >= 0.6 is 0 Å². The van der Waals surface area contributed by atoms with Crippen molar-refractivity contribution in [3.63, 3.8) is 0 Å². The third kappa shape index (κ3) is 6.41. The first-order valence-electron chi connectivity index (χ1n) is 16.3. The Morgan fingerprint density at radius 2 is 1.56 bits per heavy atom. The molecule has 1 spiro atoms. The van der Waals surface area contributed by atoms with Gasteiger partial charge in [0.15, 0.2) is 5.79 Å². The number of ether oxygens (including phenoxy) is 3. The van der Waals surface area contributed by atoms with Crippen molar-refractivity contribution in [2.24, 2.45) is 46.3 Å². The van der Waals surface area contributed by atoms with Crippen LogP contribution in [0.2, 0.25) is 0 Å². The van der Waals surface area contributed by atoms with Crippen LogP contribution in [0.1, 0.15) is 127 Å². The van der Waals surface area contributed by atoms with E-state index in [4.69, 9.17) is 14.2 Å². The van der Waals surface area contributed by atoms with Crippen LogP contribution in [0.25, 0.3) is 0 Å². The minimum atomic E-state index is -0.282.